The third kappa shape index (κ3) is 2.24. The summed E-state index contributed by atoms with van der Waals surface area (Å²) in [6.07, 6.45) is 0. The highest BCUT2D eigenvalue weighted by atomic mass is 32.2. The fourth-order valence-electron chi connectivity index (χ4n) is 1.20. The number of aromatic nitrogens is 2. The van der Waals surface area contributed by atoms with Crippen molar-refractivity contribution in [2.75, 3.05) is 17.3 Å². The van der Waals surface area contributed by atoms with Gasteiger partial charge in [0.1, 0.15) is 0 Å². The molecule has 1 saturated heterocycles. The molecule has 6 heteroatoms. The van der Waals surface area contributed by atoms with E-state index in [9.17, 15) is 0 Å². The SMILES string of the molecule is C[C@H](N)c1nc(C2CSCCS2)no1. The maximum Gasteiger partial charge on any atom is 0.243 e. The lowest BCUT2D eigenvalue weighted by atomic mass is 10.4. The Hall–Kier alpha value is -0.200. The molecule has 0 amide bonds. The first kappa shape index (κ1) is 10.3. The monoisotopic (exact) mass is 231 g/mol. The van der Waals surface area contributed by atoms with Crippen LogP contribution in [-0.4, -0.2) is 27.4 Å². The highest BCUT2D eigenvalue weighted by Crippen LogP contribution is 2.35. The molecule has 1 unspecified atom stereocenters. The lowest BCUT2D eigenvalue weighted by Crippen LogP contribution is -2.09. The third-order valence-corrected chi connectivity index (χ3v) is 4.70. The van der Waals surface area contributed by atoms with E-state index in [1.165, 1.54) is 5.75 Å². The summed E-state index contributed by atoms with van der Waals surface area (Å²) in [7, 11) is 0. The first-order valence-corrected chi connectivity index (χ1v) is 6.76. The third-order valence-electron chi connectivity index (χ3n) is 1.95. The van der Waals surface area contributed by atoms with Gasteiger partial charge in [0.15, 0.2) is 5.82 Å². The number of thioether (sulfide) groups is 2. The van der Waals surface area contributed by atoms with Gasteiger partial charge in [-0.1, -0.05) is 5.16 Å². The molecule has 2 atom stereocenters. The minimum Gasteiger partial charge on any atom is -0.338 e. The summed E-state index contributed by atoms with van der Waals surface area (Å²) in [6.45, 7) is 1.85. The summed E-state index contributed by atoms with van der Waals surface area (Å²) < 4.78 is 5.07. The normalized spacial score (nSPS) is 24.9. The van der Waals surface area contributed by atoms with Gasteiger partial charge in [0.25, 0.3) is 0 Å². The average Bonchev–Trinajstić information content (AvgIpc) is 2.68. The van der Waals surface area contributed by atoms with E-state index in [2.05, 4.69) is 10.1 Å². The minimum absolute atomic E-state index is 0.169. The fraction of sp³-hybridized carbons (Fsp3) is 0.750. The summed E-state index contributed by atoms with van der Waals surface area (Å²) in [4.78, 5) is 4.30. The Bertz CT molecular complexity index is 297. The van der Waals surface area contributed by atoms with Crippen LogP contribution >= 0.6 is 23.5 Å². The van der Waals surface area contributed by atoms with Crippen LogP contribution in [0.4, 0.5) is 0 Å². The van der Waals surface area contributed by atoms with Gasteiger partial charge in [0.2, 0.25) is 5.89 Å². The predicted octanol–water partition coefficient (Wildman–Crippen LogP) is 1.61. The summed E-state index contributed by atoms with van der Waals surface area (Å²) in [5, 5.41) is 4.34. The number of hydrogen-bond acceptors (Lipinski definition) is 6. The second-order valence-electron chi connectivity index (χ2n) is 3.21. The predicted molar refractivity (Wildman–Crippen MR) is 59.4 cm³/mol. The zero-order chi connectivity index (χ0) is 9.97. The van der Waals surface area contributed by atoms with E-state index >= 15 is 0 Å². The van der Waals surface area contributed by atoms with Crippen molar-refractivity contribution in [2.45, 2.75) is 18.2 Å². The van der Waals surface area contributed by atoms with Crippen LogP contribution < -0.4 is 5.73 Å². The lowest BCUT2D eigenvalue weighted by molar-refractivity contribution is 0.357. The Balaban J connectivity index is 2.07. The zero-order valence-electron chi connectivity index (χ0n) is 7.97. The van der Waals surface area contributed by atoms with Crippen molar-refractivity contribution in [3.05, 3.63) is 11.7 Å². The quantitative estimate of drug-likeness (QED) is 0.834. The van der Waals surface area contributed by atoms with E-state index in [1.807, 2.05) is 30.4 Å². The standard InChI is InChI=1S/C8H13N3OS2/c1-5(9)8-10-7(11-12-8)6-4-13-2-3-14-6/h5-6H,2-4,9H2,1H3/t5-,6?/m0/s1. The molecule has 78 valence electrons. The van der Waals surface area contributed by atoms with Gasteiger partial charge in [-0.2, -0.15) is 16.7 Å². The van der Waals surface area contributed by atoms with Gasteiger partial charge < -0.3 is 10.3 Å². The molecular formula is C8H13N3OS2. The van der Waals surface area contributed by atoms with Crippen LogP contribution in [0, 0.1) is 0 Å². The highest BCUT2D eigenvalue weighted by molar-refractivity contribution is 8.06. The highest BCUT2D eigenvalue weighted by Gasteiger charge is 2.22. The van der Waals surface area contributed by atoms with E-state index in [0.29, 0.717) is 11.1 Å². The Labute approximate surface area is 91.4 Å². The Kier molecular flexibility index (Phi) is 3.35. The van der Waals surface area contributed by atoms with Crippen LogP contribution in [0.2, 0.25) is 0 Å². The topological polar surface area (TPSA) is 64.9 Å². The molecule has 1 aromatic rings. The van der Waals surface area contributed by atoms with Gasteiger partial charge >= 0.3 is 0 Å². The van der Waals surface area contributed by atoms with Crippen LogP contribution in [0.25, 0.3) is 0 Å². The second-order valence-corrected chi connectivity index (χ2v) is 5.67. The summed E-state index contributed by atoms with van der Waals surface area (Å²) >= 11 is 3.84. The number of rotatable bonds is 2. The molecule has 1 fully saturated rings. The van der Waals surface area contributed by atoms with Gasteiger partial charge in [0.05, 0.1) is 11.3 Å². The van der Waals surface area contributed by atoms with Gasteiger partial charge in [0, 0.05) is 17.3 Å². The molecule has 0 saturated carbocycles. The summed E-state index contributed by atoms with van der Waals surface area (Å²) in [5.41, 5.74) is 5.65. The largest absolute Gasteiger partial charge is 0.338 e. The van der Waals surface area contributed by atoms with E-state index in [0.717, 1.165) is 17.3 Å². The molecule has 2 rings (SSSR count). The Morgan fingerprint density at radius 3 is 3.00 bits per heavy atom. The fourth-order valence-corrected chi connectivity index (χ4v) is 3.79. The lowest BCUT2D eigenvalue weighted by Gasteiger charge is -2.17. The van der Waals surface area contributed by atoms with Crippen molar-refractivity contribution in [3.63, 3.8) is 0 Å². The van der Waals surface area contributed by atoms with Crippen LogP contribution in [0.15, 0.2) is 4.52 Å². The van der Waals surface area contributed by atoms with E-state index in [-0.39, 0.29) is 6.04 Å². The molecule has 4 nitrogen and oxygen atoms in total. The summed E-state index contributed by atoms with van der Waals surface area (Å²) in [6, 6.07) is -0.169. The number of nitrogens with zero attached hydrogens (tertiary/aromatic N) is 2. The van der Waals surface area contributed by atoms with E-state index < -0.39 is 0 Å². The molecule has 1 aromatic heterocycles. The number of nitrogens with two attached hydrogens (primary N) is 1. The van der Waals surface area contributed by atoms with Crippen LogP contribution in [0.5, 0.6) is 0 Å². The Morgan fingerprint density at radius 2 is 2.43 bits per heavy atom. The molecule has 1 aliphatic rings. The molecule has 2 N–H and O–H groups in total. The van der Waals surface area contributed by atoms with Crippen molar-refractivity contribution < 1.29 is 4.52 Å². The van der Waals surface area contributed by atoms with Gasteiger partial charge in [-0.05, 0) is 6.92 Å². The number of hydrogen-bond donors (Lipinski definition) is 1. The van der Waals surface area contributed by atoms with Gasteiger partial charge in [-0.3, -0.25) is 0 Å². The molecule has 0 radical (unpaired) electrons. The van der Waals surface area contributed by atoms with Crippen LogP contribution in [0.3, 0.4) is 0 Å². The first-order chi connectivity index (χ1) is 6.77. The molecule has 14 heavy (non-hydrogen) atoms. The minimum atomic E-state index is -0.169. The molecule has 0 spiro atoms. The Morgan fingerprint density at radius 1 is 1.57 bits per heavy atom. The van der Waals surface area contributed by atoms with Crippen LogP contribution in [-0.2, 0) is 0 Å². The van der Waals surface area contributed by atoms with E-state index in [1.54, 1.807) is 0 Å². The van der Waals surface area contributed by atoms with Gasteiger partial charge in [-0.15, -0.1) is 11.8 Å². The van der Waals surface area contributed by atoms with Crippen molar-refractivity contribution in [1.29, 1.82) is 0 Å². The van der Waals surface area contributed by atoms with Crippen molar-refractivity contribution in [2.24, 2.45) is 5.73 Å². The summed E-state index contributed by atoms with van der Waals surface area (Å²) in [5.74, 6) is 4.80. The molecule has 0 aliphatic carbocycles. The molecule has 1 aliphatic heterocycles. The zero-order valence-corrected chi connectivity index (χ0v) is 9.61. The van der Waals surface area contributed by atoms with Crippen LogP contribution in [0.1, 0.15) is 29.9 Å². The van der Waals surface area contributed by atoms with Gasteiger partial charge in [-0.25, -0.2) is 0 Å². The molecule has 2 heterocycles. The van der Waals surface area contributed by atoms with Crippen molar-refractivity contribution in [1.82, 2.24) is 10.1 Å². The average molecular weight is 231 g/mol. The first-order valence-electron chi connectivity index (χ1n) is 4.56. The smallest absolute Gasteiger partial charge is 0.243 e. The molecule has 0 bridgehead atoms. The maximum atomic E-state index is 5.65. The van der Waals surface area contributed by atoms with Crippen molar-refractivity contribution in [3.8, 4) is 0 Å². The molecule has 0 aromatic carbocycles. The molecular weight excluding hydrogens is 218 g/mol. The van der Waals surface area contributed by atoms with Crippen molar-refractivity contribution >= 4 is 23.5 Å². The maximum absolute atomic E-state index is 5.65. The second kappa shape index (κ2) is 4.55. The van der Waals surface area contributed by atoms with E-state index in [4.69, 9.17) is 10.3 Å².